The van der Waals surface area contributed by atoms with Crippen molar-refractivity contribution in [1.82, 2.24) is 5.32 Å². The molecule has 0 fully saturated rings. The molecule has 0 aliphatic carbocycles. The third-order valence-electron chi connectivity index (χ3n) is 4.90. The summed E-state index contributed by atoms with van der Waals surface area (Å²) in [6.07, 6.45) is 1.73. The van der Waals surface area contributed by atoms with Gasteiger partial charge in [0.05, 0.1) is 32.2 Å². The topological polar surface area (TPSA) is 84.9 Å². The highest BCUT2D eigenvalue weighted by Crippen LogP contribution is 2.33. The summed E-state index contributed by atoms with van der Waals surface area (Å²) in [7, 11) is -0.691. The molecule has 8 heteroatoms. The van der Waals surface area contributed by atoms with Gasteiger partial charge in [-0.15, -0.1) is 0 Å². The zero-order chi connectivity index (χ0) is 22.5. The molecule has 1 N–H and O–H groups in total. The second-order valence-corrected chi connectivity index (χ2v) is 9.01. The van der Waals surface area contributed by atoms with Gasteiger partial charge in [0.2, 0.25) is 15.9 Å². The van der Waals surface area contributed by atoms with Crippen molar-refractivity contribution in [3.63, 3.8) is 0 Å². The van der Waals surface area contributed by atoms with E-state index in [1.54, 1.807) is 26.2 Å². The van der Waals surface area contributed by atoms with E-state index in [2.05, 4.69) is 5.32 Å². The van der Waals surface area contributed by atoms with Crippen LogP contribution in [0.3, 0.4) is 0 Å². The number of amides is 1. The molecule has 0 spiro atoms. The number of hydrogen-bond acceptors (Lipinski definition) is 5. The third kappa shape index (κ3) is 5.44. The summed E-state index contributed by atoms with van der Waals surface area (Å²) in [6.45, 7) is 5.38. The number of methoxy groups -OCH3 is 2. The minimum absolute atomic E-state index is 0.258. The highest BCUT2D eigenvalue weighted by Gasteiger charge is 2.32. The van der Waals surface area contributed by atoms with Crippen LogP contribution < -0.4 is 19.1 Å². The molecular formula is C22H30N2O5S. The van der Waals surface area contributed by atoms with E-state index in [4.69, 9.17) is 9.47 Å². The fourth-order valence-electron chi connectivity index (χ4n) is 3.30. The highest BCUT2D eigenvalue weighted by atomic mass is 32.2. The molecule has 0 unspecified atom stereocenters. The standard InChI is InChI=1S/C22H30N2O5S/c1-7-19(17-9-11-18(28-4)12-10-17)23-22(25)16(3)24(30(6,26)27)20-14-15(2)8-13-21(20)29-5/h8-14,16,19H,7H2,1-6H3,(H,23,25)/t16-,19+/m1/s1. The Balaban J connectivity index is 2.34. The van der Waals surface area contributed by atoms with E-state index in [1.165, 1.54) is 7.11 Å². The van der Waals surface area contributed by atoms with E-state index in [0.29, 0.717) is 17.9 Å². The maximum Gasteiger partial charge on any atom is 0.244 e. The zero-order valence-electron chi connectivity index (χ0n) is 18.3. The molecule has 1 amide bonds. The molecule has 0 aromatic heterocycles. The van der Waals surface area contributed by atoms with Crippen molar-refractivity contribution in [2.24, 2.45) is 0 Å². The number of hydrogen-bond donors (Lipinski definition) is 1. The highest BCUT2D eigenvalue weighted by molar-refractivity contribution is 7.92. The van der Waals surface area contributed by atoms with Gasteiger partial charge in [-0.1, -0.05) is 25.1 Å². The average Bonchev–Trinajstić information content (AvgIpc) is 2.71. The minimum Gasteiger partial charge on any atom is -0.497 e. The second kappa shape index (κ2) is 9.84. The van der Waals surface area contributed by atoms with Gasteiger partial charge in [-0.3, -0.25) is 9.10 Å². The number of nitrogens with one attached hydrogen (secondary N) is 1. The summed E-state index contributed by atoms with van der Waals surface area (Å²) in [5.74, 6) is 0.711. The second-order valence-electron chi connectivity index (χ2n) is 7.15. The SMILES string of the molecule is CC[C@H](NC(=O)[C@@H](C)N(c1cc(C)ccc1OC)S(C)(=O)=O)c1ccc(OC)cc1. The van der Waals surface area contributed by atoms with Crippen LogP contribution in [-0.4, -0.2) is 40.8 Å². The molecule has 0 aliphatic heterocycles. The minimum atomic E-state index is -3.75. The van der Waals surface area contributed by atoms with Gasteiger partial charge in [0.15, 0.2) is 0 Å². The van der Waals surface area contributed by atoms with Crippen LogP contribution in [0.4, 0.5) is 5.69 Å². The fraction of sp³-hybridized carbons (Fsp3) is 0.409. The van der Waals surface area contributed by atoms with Gasteiger partial charge in [-0.25, -0.2) is 8.42 Å². The van der Waals surface area contributed by atoms with Crippen LogP contribution in [0, 0.1) is 6.92 Å². The summed E-state index contributed by atoms with van der Waals surface area (Å²) in [5, 5.41) is 2.97. The lowest BCUT2D eigenvalue weighted by Gasteiger charge is -2.31. The van der Waals surface area contributed by atoms with Crippen molar-refractivity contribution in [3.05, 3.63) is 53.6 Å². The summed E-state index contributed by atoms with van der Waals surface area (Å²) in [4.78, 5) is 13.1. The number of anilines is 1. The number of nitrogens with zero attached hydrogens (tertiary/aromatic N) is 1. The first kappa shape index (κ1) is 23.5. The lowest BCUT2D eigenvalue weighted by Crippen LogP contribution is -2.48. The van der Waals surface area contributed by atoms with E-state index < -0.39 is 22.0 Å². The molecule has 30 heavy (non-hydrogen) atoms. The molecule has 2 rings (SSSR count). The van der Waals surface area contributed by atoms with Crippen LogP contribution in [0.2, 0.25) is 0 Å². The Hall–Kier alpha value is -2.74. The van der Waals surface area contributed by atoms with Gasteiger partial charge in [0, 0.05) is 0 Å². The van der Waals surface area contributed by atoms with Gasteiger partial charge in [-0.2, -0.15) is 0 Å². The van der Waals surface area contributed by atoms with Gasteiger partial charge in [-0.05, 0) is 55.7 Å². The van der Waals surface area contributed by atoms with Crippen molar-refractivity contribution < 1.29 is 22.7 Å². The van der Waals surface area contributed by atoms with E-state index in [-0.39, 0.29) is 6.04 Å². The molecule has 0 aliphatic rings. The number of sulfonamides is 1. The molecular weight excluding hydrogens is 404 g/mol. The largest absolute Gasteiger partial charge is 0.497 e. The maximum atomic E-state index is 13.1. The van der Waals surface area contributed by atoms with Crippen LogP contribution in [0.5, 0.6) is 11.5 Å². The van der Waals surface area contributed by atoms with E-state index >= 15 is 0 Å². The first-order chi connectivity index (χ1) is 14.1. The first-order valence-corrected chi connectivity index (χ1v) is 11.6. The smallest absolute Gasteiger partial charge is 0.244 e. The number of ether oxygens (including phenoxy) is 2. The number of carbonyl (C=O) groups excluding carboxylic acids is 1. The average molecular weight is 435 g/mol. The summed E-state index contributed by atoms with van der Waals surface area (Å²) >= 11 is 0. The molecule has 7 nitrogen and oxygen atoms in total. The predicted molar refractivity (Wildman–Crippen MR) is 119 cm³/mol. The van der Waals surface area contributed by atoms with Gasteiger partial charge < -0.3 is 14.8 Å². The van der Waals surface area contributed by atoms with E-state index in [9.17, 15) is 13.2 Å². The van der Waals surface area contributed by atoms with Crippen molar-refractivity contribution in [2.75, 3.05) is 24.8 Å². The fourth-order valence-corrected chi connectivity index (χ4v) is 4.47. The summed E-state index contributed by atoms with van der Waals surface area (Å²) < 4.78 is 36.9. The van der Waals surface area contributed by atoms with E-state index in [0.717, 1.165) is 27.4 Å². The number of benzene rings is 2. The molecule has 0 saturated heterocycles. The molecule has 164 valence electrons. The predicted octanol–water partition coefficient (Wildman–Crippen LogP) is 3.43. The third-order valence-corrected chi connectivity index (χ3v) is 6.13. The van der Waals surface area contributed by atoms with Gasteiger partial charge in [0.1, 0.15) is 17.5 Å². The molecule has 2 aromatic rings. The quantitative estimate of drug-likeness (QED) is 0.654. The normalized spacial score (nSPS) is 13.3. The van der Waals surface area contributed by atoms with Crippen LogP contribution in [0.15, 0.2) is 42.5 Å². The summed E-state index contributed by atoms with van der Waals surface area (Å²) in [6, 6.07) is 11.4. The Morgan fingerprint density at radius 2 is 1.73 bits per heavy atom. The van der Waals surface area contributed by atoms with Crippen molar-refractivity contribution in [3.8, 4) is 11.5 Å². The Morgan fingerprint density at radius 1 is 1.10 bits per heavy atom. The molecule has 0 radical (unpaired) electrons. The molecule has 2 atom stereocenters. The molecule has 0 bridgehead atoms. The first-order valence-electron chi connectivity index (χ1n) is 9.70. The van der Waals surface area contributed by atoms with Crippen molar-refractivity contribution in [2.45, 2.75) is 39.3 Å². The lowest BCUT2D eigenvalue weighted by atomic mass is 10.0. The summed E-state index contributed by atoms with van der Waals surface area (Å²) in [5.41, 5.74) is 2.11. The Labute approximate surface area is 179 Å². The van der Waals surface area contributed by atoms with Crippen LogP contribution in [0.1, 0.15) is 37.4 Å². The Morgan fingerprint density at radius 3 is 2.23 bits per heavy atom. The number of aryl methyl sites for hydroxylation is 1. The molecule has 0 saturated carbocycles. The zero-order valence-corrected chi connectivity index (χ0v) is 19.1. The molecule has 0 heterocycles. The van der Waals surface area contributed by atoms with Crippen LogP contribution in [-0.2, 0) is 14.8 Å². The van der Waals surface area contributed by atoms with Crippen LogP contribution >= 0.6 is 0 Å². The van der Waals surface area contributed by atoms with E-state index in [1.807, 2.05) is 44.2 Å². The molecule has 2 aromatic carbocycles. The van der Waals surface area contributed by atoms with Crippen molar-refractivity contribution >= 4 is 21.6 Å². The Kier molecular flexibility index (Phi) is 7.72. The lowest BCUT2D eigenvalue weighted by molar-refractivity contribution is -0.122. The number of carbonyl (C=O) groups is 1. The monoisotopic (exact) mass is 434 g/mol. The Bertz CT molecular complexity index is 974. The number of rotatable bonds is 9. The van der Waals surface area contributed by atoms with Gasteiger partial charge >= 0.3 is 0 Å². The van der Waals surface area contributed by atoms with Crippen molar-refractivity contribution in [1.29, 1.82) is 0 Å². The van der Waals surface area contributed by atoms with Crippen LogP contribution in [0.25, 0.3) is 0 Å². The maximum absolute atomic E-state index is 13.1. The van der Waals surface area contributed by atoms with Gasteiger partial charge in [0.25, 0.3) is 0 Å².